The molecule has 1 heterocycles. The van der Waals surface area contributed by atoms with E-state index in [9.17, 15) is 0 Å². The molecule has 0 saturated heterocycles. The number of benzene rings is 1. The summed E-state index contributed by atoms with van der Waals surface area (Å²) in [5.41, 5.74) is 7.39. The predicted molar refractivity (Wildman–Crippen MR) is 87.9 cm³/mol. The summed E-state index contributed by atoms with van der Waals surface area (Å²) in [5.74, 6) is 0.957. The lowest BCUT2D eigenvalue weighted by molar-refractivity contribution is 0.0869. The molecular formula is C15H21Cl2N3O. The van der Waals surface area contributed by atoms with E-state index >= 15 is 0 Å². The van der Waals surface area contributed by atoms with Crippen molar-refractivity contribution in [2.75, 3.05) is 6.61 Å². The lowest BCUT2D eigenvalue weighted by Gasteiger charge is -2.21. The Labute approximate surface area is 135 Å². The number of ether oxygens (including phenoxy) is 1. The number of nitrogens with one attached hydrogen (secondary N) is 1. The van der Waals surface area contributed by atoms with E-state index in [1.165, 1.54) is 0 Å². The van der Waals surface area contributed by atoms with E-state index in [2.05, 4.69) is 9.97 Å². The summed E-state index contributed by atoms with van der Waals surface area (Å²) >= 11 is 12.2. The van der Waals surface area contributed by atoms with Crippen molar-refractivity contribution in [2.45, 2.75) is 43.2 Å². The number of alkyl halides is 2. The number of halogens is 2. The molecule has 3 unspecified atom stereocenters. The highest BCUT2D eigenvalue weighted by atomic mass is 35.5. The quantitative estimate of drug-likeness (QED) is 0.576. The third-order valence-electron chi connectivity index (χ3n) is 3.38. The first-order valence-corrected chi connectivity index (χ1v) is 8.08. The standard InChI is InChI=1S/C15H21Cl2N3O/c1-2-10(16)14(18)15(17)21-9-5-8-13-19-11-6-3-4-7-12(11)20-13/h3-4,6-7,10,14-15H,2,5,8-9,18H2,1H3,(H,19,20). The molecule has 0 radical (unpaired) electrons. The zero-order valence-corrected chi connectivity index (χ0v) is 13.6. The molecule has 1 aromatic heterocycles. The third-order valence-corrected chi connectivity index (χ3v) is 4.40. The molecule has 0 spiro atoms. The number of hydrogen-bond donors (Lipinski definition) is 2. The van der Waals surface area contributed by atoms with Gasteiger partial charge in [-0.15, -0.1) is 11.6 Å². The van der Waals surface area contributed by atoms with Gasteiger partial charge in [-0.1, -0.05) is 30.7 Å². The smallest absolute Gasteiger partial charge is 0.147 e. The number of aromatic nitrogens is 2. The van der Waals surface area contributed by atoms with Gasteiger partial charge in [-0.3, -0.25) is 0 Å². The average molecular weight is 330 g/mol. The summed E-state index contributed by atoms with van der Waals surface area (Å²) in [5, 5.41) is -0.164. The van der Waals surface area contributed by atoms with Crippen molar-refractivity contribution in [3.8, 4) is 0 Å². The molecule has 0 bridgehead atoms. The Morgan fingerprint density at radius 2 is 2.10 bits per heavy atom. The van der Waals surface area contributed by atoms with Gasteiger partial charge >= 0.3 is 0 Å². The topological polar surface area (TPSA) is 63.9 Å². The molecular weight excluding hydrogens is 309 g/mol. The molecule has 2 aromatic rings. The van der Waals surface area contributed by atoms with E-state index in [0.717, 1.165) is 36.1 Å². The van der Waals surface area contributed by atoms with Gasteiger partial charge in [-0.05, 0) is 25.0 Å². The lowest BCUT2D eigenvalue weighted by Crippen LogP contribution is -2.40. The predicted octanol–water partition coefficient (Wildman–Crippen LogP) is 3.42. The van der Waals surface area contributed by atoms with Crippen LogP contribution in [0.15, 0.2) is 24.3 Å². The van der Waals surface area contributed by atoms with E-state index < -0.39 is 5.56 Å². The number of fused-ring (bicyclic) bond motifs is 1. The van der Waals surface area contributed by atoms with Gasteiger partial charge in [0.15, 0.2) is 0 Å². The summed E-state index contributed by atoms with van der Waals surface area (Å²) in [7, 11) is 0. The maximum Gasteiger partial charge on any atom is 0.147 e. The molecule has 0 aliphatic rings. The van der Waals surface area contributed by atoms with Crippen molar-refractivity contribution in [3.63, 3.8) is 0 Å². The zero-order chi connectivity index (χ0) is 15.2. The van der Waals surface area contributed by atoms with E-state index in [4.69, 9.17) is 33.7 Å². The van der Waals surface area contributed by atoms with Crippen molar-refractivity contribution in [1.29, 1.82) is 0 Å². The molecule has 6 heteroatoms. The Balaban J connectivity index is 1.74. The molecule has 0 aliphatic heterocycles. The largest absolute Gasteiger partial charge is 0.361 e. The Morgan fingerprint density at radius 3 is 2.81 bits per heavy atom. The molecule has 0 saturated carbocycles. The molecule has 1 aromatic carbocycles. The molecule has 3 N–H and O–H groups in total. The summed E-state index contributed by atoms with van der Waals surface area (Å²) in [6.07, 6.45) is 2.41. The highest BCUT2D eigenvalue weighted by molar-refractivity contribution is 6.24. The fraction of sp³-hybridized carbons (Fsp3) is 0.533. The van der Waals surface area contributed by atoms with Gasteiger partial charge in [-0.25, -0.2) is 4.98 Å². The number of para-hydroxylation sites is 2. The van der Waals surface area contributed by atoms with E-state index in [1.54, 1.807) is 0 Å². The van der Waals surface area contributed by atoms with Crippen LogP contribution in [-0.2, 0) is 11.2 Å². The Morgan fingerprint density at radius 1 is 1.33 bits per heavy atom. The fourth-order valence-corrected chi connectivity index (χ4v) is 2.58. The molecule has 2 rings (SSSR count). The van der Waals surface area contributed by atoms with Crippen LogP contribution in [0.25, 0.3) is 11.0 Å². The van der Waals surface area contributed by atoms with E-state index in [-0.39, 0.29) is 11.4 Å². The van der Waals surface area contributed by atoms with Crippen molar-refractivity contribution >= 4 is 34.2 Å². The minimum Gasteiger partial charge on any atom is -0.361 e. The normalized spacial score (nSPS) is 16.0. The van der Waals surface area contributed by atoms with Crippen LogP contribution in [0.5, 0.6) is 0 Å². The summed E-state index contributed by atoms with van der Waals surface area (Å²) in [6, 6.07) is 7.62. The van der Waals surface area contributed by atoms with Crippen molar-refractivity contribution in [1.82, 2.24) is 9.97 Å². The van der Waals surface area contributed by atoms with Crippen LogP contribution in [0.2, 0.25) is 0 Å². The minimum atomic E-state index is -0.553. The number of H-pyrrole nitrogens is 1. The van der Waals surface area contributed by atoms with Gasteiger partial charge in [0.05, 0.1) is 22.5 Å². The van der Waals surface area contributed by atoms with Crippen LogP contribution >= 0.6 is 23.2 Å². The van der Waals surface area contributed by atoms with Crippen LogP contribution in [0.1, 0.15) is 25.6 Å². The number of hydrogen-bond acceptors (Lipinski definition) is 3. The lowest BCUT2D eigenvalue weighted by atomic mass is 10.2. The second-order valence-corrected chi connectivity index (χ2v) is 6.02. The summed E-state index contributed by atoms with van der Waals surface area (Å²) < 4.78 is 5.54. The van der Waals surface area contributed by atoms with Crippen LogP contribution in [-0.4, -0.2) is 33.6 Å². The van der Waals surface area contributed by atoms with Crippen LogP contribution in [0.4, 0.5) is 0 Å². The van der Waals surface area contributed by atoms with Gasteiger partial charge in [-0.2, -0.15) is 0 Å². The minimum absolute atomic E-state index is 0.164. The first kappa shape index (κ1) is 16.6. The molecule has 3 atom stereocenters. The monoisotopic (exact) mass is 329 g/mol. The van der Waals surface area contributed by atoms with Crippen LogP contribution in [0.3, 0.4) is 0 Å². The maximum absolute atomic E-state index is 6.10. The average Bonchev–Trinajstić information content (AvgIpc) is 2.92. The van der Waals surface area contributed by atoms with E-state index in [0.29, 0.717) is 6.61 Å². The fourth-order valence-electron chi connectivity index (χ4n) is 2.11. The van der Waals surface area contributed by atoms with Crippen LogP contribution in [0, 0.1) is 0 Å². The van der Waals surface area contributed by atoms with Gasteiger partial charge in [0.25, 0.3) is 0 Å². The summed E-state index contributed by atoms with van der Waals surface area (Å²) in [4.78, 5) is 7.80. The van der Waals surface area contributed by atoms with Crippen molar-refractivity contribution < 1.29 is 4.74 Å². The molecule has 0 aliphatic carbocycles. The van der Waals surface area contributed by atoms with Crippen LogP contribution < -0.4 is 5.73 Å². The molecule has 0 fully saturated rings. The first-order chi connectivity index (χ1) is 10.1. The first-order valence-electron chi connectivity index (χ1n) is 7.20. The summed E-state index contributed by atoms with van der Waals surface area (Å²) in [6.45, 7) is 2.51. The number of aromatic amines is 1. The highest BCUT2D eigenvalue weighted by Crippen LogP contribution is 2.15. The van der Waals surface area contributed by atoms with Gasteiger partial charge in [0, 0.05) is 13.0 Å². The Bertz CT molecular complexity index is 528. The number of imidazole rings is 1. The Hall–Kier alpha value is -0.810. The number of aryl methyl sites for hydroxylation is 1. The maximum atomic E-state index is 6.10. The second-order valence-electron chi connectivity index (χ2n) is 5.03. The Kier molecular flexibility index (Phi) is 6.30. The number of nitrogens with zero attached hydrogens (tertiary/aromatic N) is 1. The van der Waals surface area contributed by atoms with Crippen molar-refractivity contribution in [3.05, 3.63) is 30.1 Å². The zero-order valence-electron chi connectivity index (χ0n) is 12.1. The molecule has 21 heavy (non-hydrogen) atoms. The SMILES string of the molecule is CCC(Cl)C(N)C(Cl)OCCCc1nc2ccccc2[nH]1. The van der Waals surface area contributed by atoms with Gasteiger partial charge < -0.3 is 15.5 Å². The van der Waals surface area contributed by atoms with E-state index in [1.807, 2.05) is 31.2 Å². The number of rotatable bonds is 8. The second kappa shape index (κ2) is 7.99. The molecule has 4 nitrogen and oxygen atoms in total. The molecule has 0 amide bonds. The third kappa shape index (κ3) is 4.58. The highest BCUT2D eigenvalue weighted by Gasteiger charge is 2.22. The number of nitrogens with two attached hydrogens (primary N) is 1. The van der Waals surface area contributed by atoms with Gasteiger partial charge in [0.1, 0.15) is 11.4 Å². The molecule has 116 valence electrons. The van der Waals surface area contributed by atoms with Crippen molar-refractivity contribution in [2.24, 2.45) is 5.73 Å². The van der Waals surface area contributed by atoms with Gasteiger partial charge in [0.2, 0.25) is 0 Å².